The number of anilines is 2. The smallest absolute Gasteiger partial charge is 0.206 e. The van der Waals surface area contributed by atoms with Gasteiger partial charge in [0.05, 0.1) is 19.6 Å². The van der Waals surface area contributed by atoms with Gasteiger partial charge < -0.3 is 21.3 Å². The summed E-state index contributed by atoms with van der Waals surface area (Å²) in [5, 5.41) is 14.2. The Bertz CT molecular complexity index is 1990. The van der Waals surface area contributed by atoms with Crippen molar-refractivity contribution in [1.29, 1.82) is 0 Å². The second-order valence-corrected chi connectivity index (χ2v) is 17.5. The Hall–Kier alpha value is -3.70. The van der Waals surface area contributed by atoms with Crippen molar-refractivity contribution < 1.29 is 16.8 Å². The van der Waals surface area contributed by atoms with Crippen molar-refractivity contribution >= 4 is 31.0 Å². The maximum atomic E-state index is 12.9. The molecule has 4 heterocycles. The quantitative estimate of drug-likeness (QED) is 0.201. The molecular weight excluding hydrogens is 641 g/mol. The second-order valence-electron chi connectivity index (χ2n) is 13.6. The first-order valence-corrected chi connectivity index (χ1v) is 19.9. The van der Waals surface area contributed by atoms with Gasteiger partial charge in [0.25, 0.3) is 0 Å². The average Bonchev–Trinajstić information content (AvgIpc) is 3.50. The standard InChI is InChI=1S/2C19H22N2O2S/c1-13-12-20-10-9-18-19(13)16-11-15(7-8-17(16)21-18)24(22,23)14-5-3-2-4-6-14;1-13-11-16-17-12-15(24(22,23)14-5-3-2-4-6-14)7-8-18(17)21-19(16)9-10-20-13/h2-8,11,13,18-21H,9-10,12H2,1H3;2-8,12-13,16,19-21H,9-11H2,1H3/t13?,18-,19-;13?,16-,19-/m11/s1. The summed E-state index contributed by atoms with van der Waals surface area (Å²) in [4.78, 5) is 1.48. The first-order chi connectivity index (χ1) is 23.1. The van der Waals surface area contributed by atoms with Gasteiger partial charge in [-0.1, -0.05) is 43.3 Å². The number of sulfone groups is 2. The van der Waals surface area contributed by atoms with E-state index in [0.29, 0.717) is 55.5 Å². The highest BCUT2D eigenvalue weighted by atomic mass is 32.2. The first-order valence-electron chi connectivity index (χ1n) is 17.0. The summed E-state index contributed by atoms with van der Waals surface area (Å²) < 4.78 is 51.6. The molecule has 2 unspecified atom stereocenters. The van der Waals surface area contributed by atoms with Crippen LogP contribution in [-0.2, 0) is 19.7 Å². The van der Waals surface area contributed by atoms with Gasteiger partial charge in [0, 0.05) is 41.3 Å². The van der Waals surface area contributed by atoms with Crippen LogP contribution in [0.5, 0.6) is 0 Å². The molecule has 0 bridgehead atoms. The normalized spacial score (nSPS) is 26.1. The number of hydrogen-bond donors (Lipinski definition) is 4. The molecule has 0 amide bonds. The van der Waals surface area contributed by atoms with Crippen molar-refractivity contribution in [3.8, 4) is 0 Å². The van der Waals surface area contributed by atoms with Crippen LogP contribution in [0.25, 0.3) is 0 Å². The van der Waals surface area contributed by atoms with E-state index < -0.39 is 19.7 Å². The lowest BCUT2D eigenvalue weighted by Crippen LogP contribution is -2.25. The summed E-state index contributed by atoms with van der Waals surface area (Å²) in [5.41, 5.74) is 4.47. The second kappa shape index (κ2) is 13.3. The molecule has 0 spiro atoms. The Morgan fingerprint density at radius 1 is 0.604 bits per heavy atom. The molecule has 8 rings (SSSR count). The van der Waals surface area contributed by atoms with Gasteiger partial charge in [0.1, 0.15) is 0 Å². The highest BCUT2D eigenvalue weighted by molar-refractivity contribution is 7.91. The van der Waals surface area contributed by atoms with Crippen LogP contribution < -0.4 is 21.3 Å². The van der Waals surface area contributed by atoms with Crippen LogP contribution in [0.1, 0.15) is 56.1 Å². The molecule has 0 aliphatic carbocycles. The fourth-order valence-corrected chi connectivity index (χ4v) is 10.6. The Balaban J connectivity index is 0.000000152. The van der Waals surface area contributed by atoms with Gasteiger partial charge in [-0.05, 0) is 124 Å². The lowest BCUT2D eigenvalue weighted by Gasteiger charge is -2.22. The molecule has 0 saturated carbocycles. The SMILES string of the molecule is CC1CNCC[C@H]2Nc3ccc(S(=O)(=O)c4ccccc4)cc3[C@@H]12.CC1C[C@@H]2c3cc(S(=O)(=O)c4ccccc4)ccc3N[C@@H]2CCN1. The minimum Gasteiger partial charge on any atom is -0.381 e. The molecule has 8 nitrogen and oxygen atoms in total. The van der Waals surface area contributed by atoms with Crippen LogP contribution in [0.2, 0.25) is 0 Å². The minimum atomic E-state index is -3.47. The van der Waals surface area contributed by atoms with Crippen LogP contribution in [-0.4, -0.2) is 54.6 Å². The number of hydrogen-bond acceptors (Lipinski definition) is 8. The largest absolute Gasteiger partial charge is 0.381 e. The van der Waals surface area contributed by atoms with E-state index in [1.54, 1.807) is 60.7 Å². The van der Waals surface area contributed by atoms with Crippen LogP contribution >= 0.6 is 0 Å². The summed E-state index contributed by atoms with van der Waals surface area (Å²) >= 11 is 0. The molecule has 4 aromatic rings. The molecule has 6 atom stereocenters. The number of nitrogens with one attached hydrogen (secondary N) is 4. The molecule has 4 aliphatic rings. The molecule has 48 heavy (non-hydrogen) atoms. The summed E-state index contributed by atoms with van der Waals surface area (Å²) in [6.07, 6.45) is 3.15. The van der Waals surface area contributed by atoms with E-state index in [0.717, 1.165) is 61.4 Å². The summed E-state index contributed by atoms with van der Waals surface area (Å²) in [6.45, 7) is 7.41. The third-order valence-electron chi connectivity index (χ3n) is 10.4. The monoisotopic (exact) mass is 684 g/mol. The zero-order valence-corrected chi connectivity index (χ0v) is 29.0. The predicted molar refractivity (Wildman–Crippen MR) is 190 cm³/mol. The number of benzene rings is 4. The van der Waals surface area contributed by atoms with E-state index in [1.807, 2.05) is 36.4 Å². The fourth-order valence-electron chi connectivity index (χ4n) is 7.94. The Morgan fingerprint density at radius 3 is 1.77 bits per heavy atom. The Morgan fingerprint density at radius 2 is 1.15 bits per heavy atom. The lowest BCUT2D eigenvalue weighted by atomic mass is 9.84. The maximum absolute atomic E-state index is 12.9. The van der Waals surface area contributed by atoms with E-state index >= 15 is 0 Å². The highest BCUT2D eigenvalue weighted by Gasteiger charge is 2.38. The van der Waals surface area contributed by atoms with Crippen LogP contribution in [0.15, 0.2) is 117 Å². The van der Waals surface area contributed by atoms with Crippen molar-refractivity contribution in [2.45, 2.75) is 82.7 Å². The molecule has 4 N–H and O–H groups in total. The van der Waals surface area contributed by atoms with Crippen molar-refractivity contribution in [2.75, 3.05) is 30.3 Å². The van der Waals surface area contributed by atoms with Crippen molar-refractivity contribution in [3.63, 3.8) is 0 Å². The zero-order valence-electron chi connectivity index (χ0n) is 27.4. The molecule has 10 heteroatoms. The number of rotatable bonds is 4. The summed E-state index contributed by atoms with van der Waals surface area (Å²) in [6, 6.07) is 29.6. The van der Waals surface area contributed by atoms with Crippen molar-refractivity contribution in [1.82, 2.24) is 10.6 Å². The van der Waals surface area contributed by atoms with E-state index in [-0.39, 0.29) is 0 Å². The average molecular weight is 685 g/mol. The van der Waals surface area contributed by atoms with Gasteiger partial charge in [0.2, 0.25) is 19.7 Å². The maximum Gasteiger partial charge on any atom is 0.206 e. The van der Waals surface area contributed by atoms with E-state index in [1.165, 1.54) is 0 Å². The molecule has 0 aromatic heterocycles. The summed E-state index contributed by atoms with van der Waals surface area (Å²) in [7, 11) is -6.93. The molecule has 4 aliphatic heterocycles. The van der Waals surface area contributed by atoms with Crippen molar-refractivity contribution in [2.24, 2.45) is 5.92 Å². The van der Waals surface area contributed by atoms with Gasteiger partial charge in [0.15, 0.2) is 0 Å². The van der Waals surface area contributed by atoms with Crippen LogP contribution in [0.4, 0.5) is 11.4 Å². The molecule has 0 radical (unpaired) electrons. The van der Waals surface area contributed by atoms with Gasteiger partial charge in [-0.25, -0.2) is 16.8 Å². The van der Waals surface area contributed by atoms with Crippen molar-refractivity contribution in [3.05, 3.63) is 108 Å². The Kier molecular flexibility index (Phi) is 9.10. The zero-order chi connectivity index (χ0) is 33.5. The highest BCUT2D eigenvalue weighted by Crippen LogP contribution is 2.44. The molecule has 2 saturated heterocycles. The topological polar surface area (TPSA) is 116 Å². The van der Waals surface area contributed by atoms with Gasteiger partial charge in [-0.2, -0.15) is 0 Å². The molecule has 252 valence electrons. The fraction of sp³-hybridized carbons (Fsp3) is 0.368. The van der Waals surface area contributed by atoms with Crippen LogP contribution in [0.3, 0.4) is 0 Å². The van der Waals surface area contributed by atoms with Crippen LogP contribution in [0, 0.1) is 5.92 Å². The van der Waals surface area contributed by atoms with E-state index in [2.05, 4.69) is 35.1 Å². The third kappa shape index (κ3) is 6.27. The van der Waals surface area contributed by atoms with E-state index in [4.69, 9.17) is 0 Å². The van der Waals surface area contributed by atoms with Gasteiger partial charge in [-0.3, -0.25) is 0 Å². The summed E-state index contributed by atoms with van der Waals surface area (Å²) in [5.74, 6) is 1.21. The molecular formula is C38H44N4O4S2. The third-order valence-corrected chi connectivity index (χ3v) is 13.9. The predicted octanol–water partition coefficient (Wildman–Crippen LogP) is 6.20. The van der Waals surface area contributed by atoms with Gasteiger partial charge >= 0.3 is 0 Å². The van der Waals surface area contributed by atoms with E-state index in [9.17, 15) is 16.8 Å². The Labute approximate surface area is 284 Å². The number of fused-ring (bicyclic) bond motifs is 6. The minimum absolute atomic E-state index is 0.350. The lowest BCUT2D eigenvalue weighted by molar-refractivity contribution is 0.443. The molecule has 4 aromatic carbocycles. The van der Waals surface area contributed by atoms with Gasteiger partial charge in [-0.15, -0.1) is 0 Å². The first kappa shape index (κ1) is 32.8. The molecule has 2 fully saturated rings.